The molecular weight excluding hydrogens is 373 g/mol. The molecular formula is C19H31Cl2N3O2. The summed E-state index contributed by atoms with van der Waals surface area (Å²) in [7, 11) is 0. The van der Waals surface area contributed by atoms with Crippen molar-refractivity contribution in [2.75, 3.05) is 29.9 Å². The van der Waals surface area contributed by atoms with Gasteiger partial charge in [0.25, 0.3) is 0 Å². The van der Waals surface area contributed by atoms with Crippen molar-refractivity contribution in [1.29, 1.82) is 0 Å². The summed E-state index contributed by atoms with van der Waals surface area (Å²) in [6.07, 6.45) is 3.49. The van der Waals surface area contributed by atoms with E-state index >= 15 is 0 Å². The van der Waals surface area contributed by atoms with E-state index in [9.17, 15) is 4.79 Å². The number of amides is 1. The summed E-state index contributed by atoms with van der Waals surface area (Å²) in [6, 6.07) is 8.06. The average molecular weight is 404 g/mol. The van der Waals surface area contributed by atoms with Gasteiger partial charge in [0.05, 0.1) is 23.6 Å². The Labute approximate surface area is 168 Å². The Morgan fingerprint density at radius 1 is 1.19 bits per heavy atom. The standard InChI is InChI=1S/C19H29N3O2.2ClH/c1-13-11-22(12-14(2)24-13)18-9-4-3-8-17(18)21-19(23)16-7-5-6-15(16)10-20;;/h3-4,8-9,13-16H,5-7,10-12,20H2,1-2H3,(H,21,23);2*1H/t13?,14?,15-,16-;;/m1../s1. The molecule has 0 bridgehead atoms. The Kier molecular flexibility index (Phi) is 9.17. The average Bonchev–Trinajstić information content (AvgIpc) is 3.03. The molecule has 4 atom stereocenters. The van der Waals surface area contributed by atoms with Crippen LogP contribution in [0.4, 0.5) is 11.4 Å². The largest absolute Gasteiger partial charge is 0.372 e. The van der Waals surface area contributed by atoms with E-state index in [0.717, 1.165) is 43.7 Å². The van der Waals surface area contributed by atoms with E-state index in [1.165, 1.54) is 0 Å². The lowest BCUT2D eigenvalue weighted by Gasteiger charge is -2.37. The van der Waals surface area contributed by atoms with Crippen LogP contribution in [-0.2, 0) is 9.53 Å². The highest BCUT2D eigenvalue weighted by Crippen LogP contribution is 2.34. The van der Waals surface area contributed by atoms with Crippen LogP contribution in [0.3, 0.4) is 0 Å². The molecule has 0 radical (unpaired) electrons. The van der Waals surface area contributed by atoms with Crippen molar-refractivity contribution in [2.24, 2.45) is 17.6 Å². The van der Waals surface area contributed by atoms with Gasteiger partial charge in [0.1, 0.15) is 0 Å². The van der Waals surface area contributed by atoms with Crippen molar-refractivity contribution in [2.45, 2.75) is 45.3 Å². The Bertz CT molecular complexity index is 578. The molecule has 2 unspecified atom stereocenters. The van der Waals surface area contributed by atoms with Crippen LogP contribution in [-0.4, -0.2) is 37.7 Å². The first kappa shape index (κ1) is 23.0. The van der Waals surface area contributed by atoms with Gasteiger partial charge in [-0.15, -0.1) is 24.8 Å². The predicted octanol–water partition coefficient (Wildman–Crippen LogP) is 3.46. The maximum absolute atomic E-state index is 12.7. The number of hydrogen-bond donors (Lipinski definition) is 2. The van der Waals surface area contributed by atoms with Gasteiger partial charge in [-0.2, -0.15) is 0 Å². The number of anilines is 2. The number of halogens is 2. The van der Waals surface area contributed by atoms with Crippen LogP contribution in [0.5, 0.6) is 0 Å². The van der Waals surface area contributed by atoms with E-state index in [2.05, 4.69) is 30.1 Å². The van der Waals surface area contributed by atoms with Gasteiger partial charge in [0, 0.05) is 19.0 Å². The van der Waals surface area contributed by atoms with Crippen LogP contribution in [0.15, 0.2) is 24.3 Å². The molecule has 7 heteroatoms. The Morgan fingerprint density at radius 2 is 1.85 bits per heavy atom. The lowest BCUT2D eigenvalue weighted by Crippen LogP contribution is -2.45. The predicted molar refractivity (Wildman–Crippen MR) is 112 cm³/mol. The monoisotopic (exact) mass is 403 g/mol. The van der Waals surface area contributed by atoms with Crippen molar-refractivity contribution >= 4 is 42.1 Å². The molecule has 0 spiro atoms. The van der Waals surface area contributed by atoms with Crippen molar-refractivity contribution in [3.63, 3.8) is 0 Å². The fraction of sp³-hybridized carbons (Fsp3) is 0.632. The molecule has 1 amide bonds. The van der Waals surface area contributed by atoms with Crippen LogP contribution < -0.4 is 16.0 Å². The van der Waals surface area contributed by atoms with Crippen LogP contribution in [0.1, 0.15) is 33.1 Å². The second-order valence-corrected chi connectivity index (χ2v) is 7.20. The third kappa shape index (κ3) is 5.26. The minimum Gasteiger partial charge on any atom is -0.372 e. The van der Waals surface area contributed by atoms with Gasteiger partial charge in [0.2, 0.25) is 5.91 Å². The zero-order valence-electron chi connectivity index (χ0n) is 15.5. The molecule has 148 valence electrons. The molecule has 1 heterocycles. The summed E-state index contributed by atoms with van der Waals surface area (Å²) in [4.78, 5) is 15.0. The molecule has 26 heavy (non-hydrogen) atoms. The van der Waals surface area contributed by atoms with E-state index in [4.69, 9.17) is 10.5 Å². The first-order valence-corrected chi connectivity index (χ1v) is 9.09. The molecule has 1 aromatic rings. The summed E-state index contributed by atoms with van der Waals surface area (Å²) in [5.74, 6) is 0.482. The number of nitrogens with two attached hydrogens (primary N) is 1. The van der Waals surface area contributed by atoms with E-state index in [1.54, 1.807) is 0 Å². The quantitative estimate of drug-likeness (QED) is 0.807. The van der Waals surface area contributed by atoms with Crippen molar-refractivity contribution < 1.29 is 9.53 Å². The number of nitrogens with one attached hydrogen (secondary N) is 1. The van der Waals surface area contributed by atoms with Gasteiger partial charge >= 0.3 is 0 Å². The molecule has 1 aliphatic heterocycles. The number of ether oxygens (including phenoxy) is 1. The molecule has 2 fully saturated rings. The number of para-hydroxylation sites is 2. The summed E-state index contributed by atoms with van der Waals surface area (Å²) in [5, 5.41) is 3.17. The normalized spacial score (nSPS) is 28.0. The second kappa shape index (κ2) is 10.4. The molecule has 0 aromatic heterocycles. The Balaban J connectivity index is 0.00000169. The Hall–Kier alpha value is -1.01. The second-order valence-electron chi connectivity index (χ2n) is 7.20. The molecule has 1 saturated heterocycles. The number of morpholine rings is 1. The van der Waals surface area contributed by atoms with Crippen LogP contribution >= 0.6 is 24.8 Å². The molecule has 1 aliphatic carbocycles. The minimum atomic E-state index is 0. The number of nitrogens with zero attached hydrogens (tertiary/aromatic N) is 1. The molecule has 2 aliphatic rings. The zero-order chi connectivity index (χ0) is 17.1. The van der Waals surface area contributed by atoms with Crippen LogP contribution in [0.2, 0.25) is 0 Å². The molecule has 1 aromatic carbocycles. The van der Waals surface area contributed by atoms with Crippen LogP contribution in [0, 0.1) is 11.8 Å². The number of carbonyl (C=O) groups is 1. The van der Waals surface area contributed by atoms with Crippen molar-refractivity contribution in [1.82, 2.24) is 0 Å². The van der Waals surface area contributed by atoms with Gasteiger partial charge in [0.15, 0.2) is 0 Å². The smallest absolute Gasteiger partial charge is 0.227 e. The molecule has 1 saturated carbocycles. The first-order chi connectivity index (χ1) is 11.6. The number of rotatable bonds is 4. The zero-order valence-corrected chi connectivity index (χ0v) is 17.2. The highest BCUT2D eigenvalue weighted by atomic mass is 35.5. The third-order valence-electron chi connectivity index (χ3n) is 5.22. The van der Waals surface area contributed by atoms with Gasteiger partial charge in [-0.1, -0.05) is 18.6 Å². The fourth-order valence-corrected chi connectivity index (χ4v) is 4.12. The van der Waals surface area contributed by atoms with Crippen molar-refractivity contribution in [3.05, 3.63) is 24.3 Å². The topological polar surface area (TPSA) is 67.6 Å². The molecule has 3 N–H and O–H groups in total. The summed E-state index contributed by atoms with van der Waals surface area (Å²) in [5.41, 5.74) is 7.80. The number of carbonyl (C=O) groups excluding carboxylic acids is 1. The highest BCUT2D eigenvalue weighted by molar-refractivity contribution is 5.96. The van der Waals surface area contributed by atoms with E-state index in [-0.39, 0.29) is 48.8 Å². The van der Waals surface area contributed by atoms with Gasteiger partial charge in [-0.05, 0) is 51.3 Å². The maximum atomic E-state index is 12.7. The molecule has 5 nitrogen and oxygen atoms in total. The van der Waals surface area contributed by atoms with Gasteiger partial charge in [-0.3, -0.25) is 4.79 Å². The lowest BCUT2D eigenvalue weighted by atomic mass is 9.95. The SMILES string of the molecule is CC1CN(c2ccccc2NC(=O)[C@@H]2CCC[C@@H]2CN)CC(C)O1.Cl.Cl. The minimum absolute atomic E-state index is 0. The molecule has 3 rings (SSSR count). The van der Waals surface area contributed by atoms with E-state index in [1.807, 2.05) is 18.2 Å². The highest BCUT2D eigenvalue weighted by Gasteiger charge is 2.32. The lowest BCUT2D eigenvalue weighted by molar-refractivity contribution is -0.120. The summed E-state index contributed by atoms with van der Waals surface area (Å²) < 4.78 is 5.83. The number of hydrogen-bond acceptors (Lipinski definition) is 4. The number of benzene rings is 1. The third-order valence-corrected chi connectivity index (χ3v) is 5.22. The summed E-state index contributed by atoms with van der Waals surface area (Å²) in [6.45, 7) is 6.46. The van der Waals surface area contributed by atoms with E-state index in [0.29, 0.717) is 12.5 Å². The van der Waals surface area contributed by atoms with Crippen LogP contribution in [0.25, 0.3) is 0 Å². The van der Waals surface area contributed by atoms with Gasteiger partial charge < -0.3 is 20.7 Å². The summed E-state index contributed by atoms with van der Waals surface area (Å²) >= 11 is 0. The Morgan fingerprint density at radius 3 is 2.50 bits per heavy atom. The van der Waals surface area contributed by atoms with E-state index < -0.39 is 0 Å². The fourth-order valence-electron chi connectivity index (χ4n) is 4.12. The van der Waals surface area contributed by atoms with Gasteiger partial charge in [-0.25, -0.2) is 0 Å². The maximum Gasteiger partial charge on any atom is 0.227 e. The van der Waals surface area contributed by atoms with Crippen molar-refractivity contribution in [3.8, 4) is 0 Å². The first-order valence-electron chi connectivity index (χ1n) is 9.09.